The summed E-state index contributed by atoms with van der Waals surface area (Å²) in [4.78, 5) is 3.08. The second-order valence-electron chi connectivity index (χ2n) is 4.14. The largest absolute Gasteiger partial charge is 0.330 e. The molecule has 0 amide bonds. The van der Waals surface area contributed by atoms with Gasteiger partial charge in [0.15, 0.2) is 4.77 Å². The van der Waals surface area contributed by atoms with Gasteiger partial charge in [-0.25, -0.2) is 4.39 Å². The third-order valence-corrected chi connectivity index (χ3v) is 4.89. The van der Waals surface area contributed by atoms with Gasteiger partial charge in [0.2, 0.25) is 0 Å². The maximum atomic E-state index is 13.8. The molecule has 0 aliphatic carbocycles. The quantitative estimate of drug-likeness (QED) is 0.340. The van der Waals surface area contributed by atoms with Crippen molar-refractivity contribution in [3.05, 3.63) is 54.0 Å². The molecular formula is C13H6BrClFIN2S. The first-order valence-corrected chi connectivity index (χ1v) is 8.18. The summed E-state index contributed by atoms with van der Waals surface area (Å²) in [7, 11) is 0. The first-order valence-electron chi connectivity index (χ1n) is 5.52. The third-order valence-electron chi connectivity index (χ3n) is 2.87. The lowest BCUT2D eigenvalue weighted by atomic mass is 10.2. The zero-order valence-electron chi connectivity index (χ0n) is 9.75. The molecule has 0 atom stereocenters. The van der Waals surface area contributed by atoms with Crippen LogP contribution in [0.4, 0.5) is 4.39 Å². The van der Waals surface area contributed by atoms with E-state index in [1.54, 1.807) is 22.8 Å². The molecule has 0 bridgehead atoms. The molecule has 7 heteroatoms. The number of rotatable bonds is 1. The first kappa shape index (κ1) is 14.5. The van der Waals surface area contributed by atoms with Crippen molar-refractivity contribution in [3.63, 3.8) is 0 Å². The van der Waals surface area contributed by atoms with Crippen molar-refractivity contribution in [2.75, 3.05) is 0 Å². The van der Waals surface area contributed by atoms with E-state index < -0.39 is 0 Å². The average Bonchev–Trinajstić information content (AvgIpc) is 2.69. The Morgan fingerprint density at radius 3 is 2.80 bits per heavy atom. The molecule has 0 aliphatic heterocycles. The predicted molar refractivity (Wildman–Crippen MR) is 93.8 cm³/mol. The van der Waals surface area contributed by atoms with Crippen molar-refractivity contribution in [3.8, 4) is 5.69 Å². The molecule has 0 radical (unpaired) electrons. The number of aromatic nitrogens is 2. The van der Waals surface area contributed by atoms with Gasteiger partial charge in [-0.1, -0.05) is 11.6 Å². The highest BCUT2D eigenvalue weighted by atomic mass is 127. The van der Waals surface area contributed by atoms with Gasteiger partial charge in [-0.05, 0) is 75.0 Å². The molecule has 0 unspecified atom stereocenters. The maximum Gasteiger partial charge on any atom is 0.182 e. The molecule has 102 valence electrons. The molecule has 1 N–H and O–H groups in total. The van der Waals surface area contributed by atoms with Crippen molar-refractivity contribution in [1.82, 2.24) is 9.55 Å². The van der Waals surface area contributed by atoms with E-state index in [1.165, 1.54) is 6.07 Å². The standard InChI is InChI=1S/C13H6BrClFIN2S/c14-7-2-1-6(15)3-11(7)19-12-4-8(16)9(17)5-10(12)18-13(19)20/h1-5H,(H,18,20). The highest BCUT2D eigenvalue weighted by Crippen LogP contribution is 2.29. The maximum absolute atomic E-state index is 13.8. The number of nitrogens with one attached hydrogen (secondary N) is 1. The number of fused-ring (bicyclic) bond motifs is 1. The molecule has 2 aromatic carbocycles. The van der Waals surface area contributed by atoms with E-state index in [9.17, 15) is 4.39 Å². The molecule has 0 saturated heterocycles. The topological polar surface area (TPSA) is 20.7 Å². The lowest BCUT2D eigenvalue weighted by Crippen LogP contribution is -1.96. The van der Waals surface area contributed by atoms with Crippen LogP contribution in [-0.2, 0) is 0 Å². The molecule has 1 aromatic heterocycles. The third kappa shape index (κ3) is 2.43. The van der Waals surface area contributed by atoms with Gasteiger partial charge in [0, 0.05) is 15.6 Å². The second-order valence-corrected chi connectivity index (χ2v) is 6.98. The fourth-order valence-corrected chi connectivity index (χ4v) is 3.36. The molecule has 3 rings (SSSR count). The van der Waals surface area contributed by atoms with Gasteiger partial charge >= 0.3 is 0 Å². The van der Waals surface area contributed by atoms with Gasteiger partial charge in [0.25, 0.3) is 0 Å². The van der Waals surface area contributed by atoms with E-state index in [0.717, 1.165) is 15.7 Å². The lowest BCUT2D eigenvalue weighted by Gasteiger charge is -2.08. The summed E-state index contributed by atoms with van der Waals surface area (Å²) >= 11 is 16.8. The number of imidazole rings is 1. The summed E-state index contributed by atoms with van der Waals surface area (Å²) in [6.07, 6.45) is 0. The van der Waals surface area contributed by atoms with Crippen LogP contribution < -0.4 is 0 Å². The smallest absolute Gasteiger partial charge is 0.182 e. The Balaban J connectivity index is 2.42. The summed E-state index contributed by atoms with van der Waals surface area (Å²) in [5, 5.41) is 0.588. The van der Waals surface area contributed by atoms with Crippen molar-refractivity contribution in [1.29, 1.82) is 0 Å². The van der Waals surface area contributed by atoms with Crippen LogP contribution in [0, 0.1) is 14.2 Å². The minimum atomic E-state index is -0.279. The van der Waals surface area contributed by atoms with Crippen LogP contribution in [0.2, 0.25) is 5.02 Å². The van der Waals surface area contributed by atoms with E-state index in [0.29, 0.717) is 18.9 Å². The summed E-state index contributed by atoms with van der Waals surface area (Å²) in [5.74, 6) is -0.279. The summed E-state index contributed by atoms with van der Waals surface area (Å²) in [6.45, 7) is 0. The van der Waals surface area contributed by atoms with Crippen molar-refractivity contribution in [2.24, 2.45) is 0 Å². The van der Waals surface area contributed by atoms with Gasteiger partial charge in [-0.2, -0.15) is 0 Å². The fraction of sp³-hybridized carbons (Fsp3) is 0. The molecule has 0 fully saturated rings. The number of aromatic amines is 1. The van der Waals surface area contributed by atoms with Gasteiger partial charge in [0.1, 0.15) is 5.82 Å². The Kier molecular flexibility index (Phi) is 3.91. The zero-order valence-corrected chi connectivity index (χ0v) is 15.1. The molecule has 3 aromatic rings. The van der Waals surface area contributed by atoms with E-state index in [1.807, 2.05) is 28.7 Å². The van der Waals surface area contributed by atoms with Crippen molar-refractivity contribution < 1.29 is 4.39 Å². The van der Waals surface area contributed by atoms with Crippen LogP contribution in [0.1, 0.15) is 0 Å². The first-order chi connectivity index (χ1) is 9.47. The SMILES string of the molecule is Fc1cc2c(cc1I)[nH]c(=S)n2-c1cc(Cl)ccc1Br. The Bertz CT molecular complexity index is 890. The van der Waals surface area contributed by atoms with Gasteiger partial charge in [-0.3, -0.25) is 4.57 Å². The molecule has 0 aliphatic rings. The molecule has 20 heavy (non-hydrogen) atoms. The van der Waals surface area contributed by atoms with Crippen LogP contribution in [0.15, 0.2) is 34.8 Å². The summed E-state index contributed by atoms with van der Waals surface area (Å²) in [5.41, 5.74) is 2.23. The van der Waals surface area contributed by atoms with Crippen LogP contribution in [0.3, 0.4) is 0 Å². The number of hydrogen-bond acceptors (Lipinski definition) is 1. The lowest BCUT2D eigenvalue weighted by molar-refractivity contribution is 0.622. The molecule has 2 nitrogen and oxygen atoms in total. The molecule has 0 spiro atoms. The zero-order chi connectivity index (χ0) is 14.4. The minimum Gasteiger partial charge on any atom is -0.330 e. The number of halogens is 4. The van der Waals surface area contributed by atoms with Crippen molar-refractivity contribution in [2.45, 2.75) is 0 Å². The highest BCUT2D eigenvalue weighted by Gasteiger charge is 2.12. The normalized spacial score (nSPS) is 11.2. The fourth-order valence-electron chi connectivity index (χ4n) is 2.00. The molecular weight excluding hydrogens is 477 g/mol. The Hall–Kier alpha value is -0.440. The summed E-state index contributed by atoms with van der Waals surface area (Å²) < 4.78 is 17.5. The highest BCUT2D eigenvalue weighted by molar-refractivity contribution is 14.1. The van der Waals surface area contributed by atoms with E-state index >= 15 is 0 Å². The predicted octanol–water partition coefficient (Wildman–Crippen LogP) is 5.85. The second kappa shape index (κ2) is 5.40. The number of hydrogen-bond donors (Lipinski definition) is 1. The Labute approximate surface area is 146 Å². The number of benzene rings is 2. The summed E-state index contributed by atoms with van der Waals surface area (Å²) in [6, 6.07) is 8.59. The van der Waals surface area contributed by atoms with E-state index in [4.69, 9.17) is 23.8 Å². The molecule has 0 saturated carbocycles. The molecule has 1 heterocycles. The van der Waals surface area contributed by atoms with Crippen LogP contribution in [0.5, 0.6) is 0 Å². The minimum absolute atomic E-state index is 0.279. The number of H-pyrrole nitrogens is 1. The Morgan fingerprint density at radius 1 is 1.30 bits per heavy atom. The van der Waals surface area contributed by atoms with Crippen LogP contribution in [-0.4, -0.2) is 9.55 Å². The van der Waals surface area contributed by atoms with Crippen molar-refractivity contribution >= 4 is 73.4 Å². The van der Waals surface area contributed by atoms with Gasteiger partial charge in [0.05, 0.1) is 20.3 Å². The monoisotopic (exact) mass is 482 g/mol. The van der Waals surface area contributed by atoms with Gasteiger partial charge in [-0.15, -0.1) is 0 Å². The van der Waals surface area contributed by atoms with Crippen LogP contribution in [0.25, 0.3) is 16.7 Å². The van der Waals surface area contributed by atoms with E-state index in [-0.39, 0.29) is 5.82 Å². The average molecular weight is 484 g/mol. The van der Waals surface area contributed by atoms with Crippen LogP contribution >= 0.6 is 62.3 Å². The van der Waals surface area contributed by atoms with Gasteiger partial charge < -0.3 is 4.98 Å². The van der Waals surface area contributed by atoms with E-state index in [2.05, 4.69) is 20.9 Å². The number of nitrogens with zero attached hydrogens (tertiary/aromatic N) is 1. The Morgan fingerprint density at radius 2 is 2.05 bits per heavy atom.